The Hall–Kier alpha value is -2.11. The molecule has 2 aromatic rings. The van der Waals surface area contributed by atoms with Gasteiger partial charge in [-0.3, -0.25) is 9.48 Å². The number of fused-ring (bicyclic) bond motifs is 2. The van der Waals surface area contributed by atoms with Crippen LogP contribution in [-0.4, -0.2) is 43.2 Å². The first kappa shape index (κ1) is 15.2. The number of aryl methyl sites for hydroxylation is 1. The average Bonchev–Trinajstić information content (AvgIpc) is 3.24. The first-order valence-electron chi connectivity index (χ1n) is 9.50. The number of rotatable bonds is 2. The fraction of sp³-hybridized carbons (Fsp3) is 0.632. The minimum atomic E-state index is 0.164. The molecule has 2 aromatic heterocycles. The molecule has 1 saturated heterocycles. The molecule has 0 radical (unpaired) electrons. The zero-order chi connectivity index (χ0) is 17.0. The van der Waals surface area contributed by atoms with Gasteiger partial charge in [0.15, 0.2) is 0 Å². The number of hydrogen-bond acceptors (Lipinski definition) is 3. The predicted octanol–water partition coefficient (Wildman–Crippen LogP) is 2.35. The van der Waals surface area contributed by atoms with E-state index in [2.05, 4.69) is 20.8 Å². The summed E-state index contributed by atoms with van der Waals surface area (Å²) >= 11 is 0. The van der Waals surface area contributed by atoms with E-state index in [4.69, 9.17) is 4.98 Å². The molecule has 25 heavy (non-hydrogen) atoms. The van der Waals surface area contributed by atoms with Gasteiger partial charge in [-0.15, -0.1) is 0 Å². The summed E-state index contributed by atoms with van der Waals surface area (Å²) in [5.74, 6) is 1.94. The number of piperidine rings is 1. The van der Waals surface area contributed by atoms with Crippen molar-refractivity contribution in [3.63, 3.8) is 0 Å². The van der Waals surface area contributed by atoms with E-state index < -0.39 is 0 Å². The van der Waals surface area contributed by atoms with Gasteiger partial charge in [-0.2, -0.15) is 5.10 Å². The van der Waals surface area contributed by atoms with Crippen LogP contribution in [0.2, 0.25) is 0 Å². The highest BCUT2D eigenvalue weighted by Crippen LogP contribution is 2.45. The predicted molar refractivity (Wildman–Crippen MR) is 93.9 cm³/mol. The maximum absolute atomic E-state index is 12.5. The van der Waals surface area contributed by atoms with E-state index in [0.717, 1.165) is 57.3 Å². The molecule has 0 bridgehead atoms. The largest absolute Gasteiger partial charge is 0.342 e. The van der Waals surface area contributed by atoms with E-state index >= 15 is 0 Å². The van der Waals surface area contributed by atoms with Crippen LogP contribution in [0.4, 0.5) is 0 Å². The molecule has 3 aliphatic rings. The molecule has 1 amide bonds. The van der Waals surface area contributed by atoms with Crippen LogP contribution in [0, 0.1) is 5.92 Å². The molecule has 2 aliphatic heterocycles. The van der Waals surface area contributed by atoms with Crippen molar-refractivity contribution >= 4 is 5.91 Å². The zero-order valence-electron chi connectivity index (χ0n) is 14.8. The smallest absolute Gasteiger partial charge is 0.225 e. The van der Waals surface area contributed by atoms with Gasteiger partial charge in [-0.05, 0) is 32.1 Å². The summed E-state index contributed by atoms with van der Waals surface area (Å²) in [5, 5.41) is 4.29. The number of imidazole rings is 1. The first-order chi connectivity index (χ1) is 12.2. The van der Waals surface area contributed by atoms with Crippen LogP contribution in [0.15, 0.2) is 18.6 Å². The summed E-state index contributed by atoms with van der Waals surface area (Å²) in [5.41, 5.74) is 2.47. The normalized spacial score (nSPS) is 22.2. The summed E-state index contributed by atoms with van der Waals surface area (Å²) in [6.07, 6.45) is 12.6. The van der Waals surface area contributed by atoms with Crippen LogP contribution in [0.1, 0.15) is 44.3 Å². The Morgan fingerprint density at radius 3 is 2.56 bits per heavy atom. The van der Waals surface area contributed by atoms with Crippen molar-refractivity contribution in [2.24, 2.45) is 13.0 Å². The highest BCUT2D eigenvalue weighted by molar-refractivity contribution is 5.79. The minimum Gasteiger partial charge on any atom is -0.342 e. The van der Waals surface area contributed by atoms with Crippen LogP contribution in [0.3, 0.4) is 0 Å². The van der Waals surface area contributed by atoms with E-state index in [1.807, 2.05) is 24.1 Å². The van der Waals surface area contributed by atoms with Gasteiger partial charge in [0.05, 0.1) is 18.1 Å². The van der Waals surface area contributed by atoms with Gasteiger partial charge in [-0.25, -0.2) is 4.98 Å². The lowest BCUT2D eigenvalue weighted by atomic mass is 9.76. The van der Waals surface area contributed by atoms with Gasteiger partial charge in [0.2, 0.25) is 5.91 Å². The maximum Gasteiger partial charge on any atom is 0.225 e. The Kier molecular flexibility index (Phi) is 3.30. The molecule has 0 atom stereocenters. The highest BCUT2D eigenvalue weighted by atomic mass is 16.2. The molecule has 0 N–H and O–H groups in total. The second-order valence-corrected chi connectivity index (χ2v) is 8.00. The Balaban J connectivity index is 1.36. The Morgan fingerprint density at radius 1 is 1.16 bits per heavy atom. The molecule has 0 unspecified atom stereocenters. The van der Waals surface area contributed by atoms with E-state index in [-0.39, 0.29) is 5.41 Å². The number of hydrogen-bond donors (Lipinski definition) is 0. The molecule has 1 aliphatic carbocycles. The Morgan fingerprint density at radius 2 is 1.92 bits per heavy atom. The third kappa shape index (κ3) is 2.26. The number of amides is 1. The highest BCUT2D eigenvalue weighted by Gasteiger charge is 2.45. The van der Waals surface area contributed by atoms with Gasteiger partial charge in [-0.1, -0.05) is 6.42 Å². The number of carbonyl (C=O) groups excluding carboxylic acids is 1. The molecule has 1 saturated carbocycles. The molecule has 132 valence electrons. The third-order valence-corrected chi connectivity index (χ3v) is 6.63. The standard InChI is InChI=1S/C19H25N5O/c1-22-13-15(11-21-22)16-12-20-18-19(7-10-24(16)18)5-8-23(9-6-19)17(25)14-3-2-4-14/h11-14H,2-10H2,1H3. The summed E-state index contributed by atoms with van der Waals surface area (Å²) in [7, 11) is 1.95. The number of nitrogens with zero attached hydrogens (tertiary/aromatic N) is 5. The van der Waals surface area contributed by atoms with E-state index in [9.17, 15) is 4.79 Å². The summed E-state index contributed by atoms with van der Waals surface area (Å²) < 4.78 is 4.21. The van der Waals surface area contributed by atoms with E-state index in [1.54, 1.807) is 0 Å². The molecular weight excluding hydrogens is 314 g/mol. The van der Waals surface area contributed by atoms with Crippen LogP contribution in [0.5, 0.6) is 0 Å². The van der Waals surface area contributed by atoms with Crippen LogP contribution >= 0.6 is 0 Å². The Bertz CT molecular complexity index is 808. The fourth-order valence-electron chi connectivity index (χ4n) is 4.79. The quantitative estimate of drug-likeness (QED) is 0.844. The van der Waals surface area contributed by atoms with Crippen molar-refractivity contribution in [2.45, 2.75) is 50.5 Å². The van der Waals surface area contributed by atoms with Crippen molar-refractivity contribution in [2.75, 3.05) is 13.1 Å². The van der Waals surface area contributed by atoms with Crippen molar-refractivity contribution in [3.05, 3.63) is 24.4 Å². The molecule has 0 aromatic carbocycles. The van der Waals surface area contributed by atoms with Gasteiger partial charge in [0, 0.05) is 49.8 Å². The lowest BCUT2D eigenvalue weighted by molar-refractivity contribution is -0.139. The van der Waals surface area contributed by atoms with Gasteiger partial charge < -0.3 is 9.47 Å². The molecule has 5 rings (SSSR count). The Labute approximate surface area is 147 Å². The molecule has 1 spiro atoms. The van der Waals surface area contributed by atoms with Crippen LogP contribution in [0.25, 0.3) is 11.3 Å². The first-order valence-corrected chi connectivity index (χ1v) is 9.50. The zero-order valence-corrected chi connectivity index (χ0v) is 14.8. The van der Waals surface area contributed by atoms with Crippen molar-refractivity contribution < 1.29 is 4.79 Å². The summed E-state index contributed by atoms with van der Waals surface area (Å²) in [4.78, 5) is 19.4. The summed E-state index contributed by atoms with van der Waals surface area (Å²) in [6, 6.07) is 0. The second kappa shape index (κ2) is 5.44. The molecule has 6 heteroatoms. The van der Waals surface area contributed by atoms with Gasteiger partial charge in [0.1, 0.15) is 5.82 Å². The lowest BCUT2D eigenvalue weighted by Gasteiger charge is -2.40. The minimum absolute atomic E-state index is 0.164. The van der Waals surface area contributed by atoms with Crippen LogP contribution < -0.4 is 0 Å². The molecule has 2 fully saturated rings. The average molecular weight is 339 g/mol. The van der Waals surface area contributed by atoms with E-state index in [0.29, 0.717) is 11.8 Å². The number of likely N-dealkylation sites (tertiary alicyclic amines) is 1. The lowest BCUT2D eigenvalue weighted by Crippen LogP contribution is -2.47. The van der Waals surface area contributed by atoms with E-state index in [1.165, 1.54) is 17.9 Å². The maximum atomic E-state index is 12.5. The van der Waals surface area contributed by atoms with Crippen LogP contribution in [-0.2, 0) is 23.8 Å². The van der Waals surface area contributed by atoms with Gasteiger partial charge in [0.25, 0.3) is 0 Å². The molecular formula is C19H25N5O. The fourth-order valence-corrected chi connectivity index (χ4v) is 4.79. The number of carbonyl (C=O) groups is 1. The van der Waals surface area contributed by atoms with Crippen molar-refractivity contribution in [1.82, 2.24) is 24.2 Å². The molecule has 4 heterocycles. The summed E-state index contributed by atoms with van der Waals surface area (Å²) in [6.45, 7) is 2.81. The topological polar surface area (TPSA) is 56.0 Å². The second-order valence-electron chi connectivity index (χ2n) is 8.00. The van der Waals surface area contributed by atoms with Crippen molar-refractivity contribution in [3.8, 4) is 11.3 Å². The van der Waals surface area contributed by atoms with Crippen molar-refractivity contribution in [1.29, 1.82) is 0 Å². The molecule has 6 nitrogen and oxygen atoms in total. The monoisotopic (exact) mass is 339 g/mol. The number of aromatic nitrogens is 4. The van der Waals surface area contributed by atoms with Gasteiger partial charge >= 0.3 is 0 Å². The third-order valence-electron chi connectivity index (χ3n) is 6.63. The SMILES string of the molecule is Cn1cc(-c2cnc3n2CCC32CCN(C(=O)C3CCC3)CC2)cn1.